The minimum Gasteiger partial charge on any atom is -0.453 e. The lowest BCUT2D eigenvalue weighted by Gasteiger charge is -2.27. The van der Waals surface area contributed by atoms with Gasteiger partial charge in [0.15, 0.2) is 0 Å². The van der Waals surface area contributed by atoms with Crippen LogP contribution in [0.2, 0.25) is 0 Å². The van der Waals surface area contributed by atoms with Crippen molar-refractivity contribution in [3.05, 3.63) is 34.9 Å². The van der Waals surface area contributed by atoms with Gasteiger partial charge in [0.25, 0.3) is 11.8 Å². The first-order chi connectivity index (χ1) is 12.9. The number of amides is 5. The first-order valence-electron chi connectivity index (χ1n) is 8.59. The summed E-state index contributed by atoms with van der Waals surface area (Å²) in [6, 6.07) is 4.00. The molecule has 1 unspecified atom stereocenters. The molecule has 1 aromatic carbocycles. The average molecular weight is 373 g/mol. The third-order valence-corrected chi connectivity index (χ3v) is 4.63. The maximum atomic E-state index is 12.9. The van der Waals surface area contributed by atoms with E-state index in [4.69, 9.17) is 0 Å². The number of carbonyl (C=O) groups is 5. The van der Waals surface area contributed by atoms with Crippen LogP contribution in [0.5, 0.6) is 0 Å². The number of hydrogen-bond acceptors (Lipinski definition) is 6. The number of fused-ring (bicyclic) bond motifs is 1. The Labute approximate surface area is 155 Å². The van der Waals surface area contributed by atoms with Crippen LogP contribution in [0.25, 0.3) is 0 Å². The lowest BCUT2D eigenvalue weighted by Crippen LogP contribution is -2.54. The van der Waals surface area contributed by atoms with Gasteiger partial charge in [-0.25, -0.2) is 4.79 Å². The van der Waals surface area contributed by atoms with Crippen molar-refractivity contribution in [2.75, 3.05) is 13.7 Å². The monoisotopic (exact) mass is 373 g/mol. The molecule has 2 aliphatic rings. The molecule has 0 radical (unpaired) electrons. The molecule has 3 rings (SSSR count). The smallest absolute Gasteiger partial charge is 0.406 e. The van der Waals surface area contributed by atoms with Gasteiger partial charge in [0.2, 0.25) is 11.8 Å². The highest BCUT2D eigenvalue weighted by atomic mass is 16.5. The van der Waals surface area contributed by atoms with Crippen molar-refractivity contribution < 1.29 is 28.7 Å². The molecule has 9 heteroatoms. The summed E-state index contributed by atoms with van der Waals surface area (Å²) in [5, 5.41) is 4.72. The van der Waals surface area contributed by atoms with Crippen LogP contribution in [0.4, 0.5) is 4.79 Å². The van der Waals surface area contributed by atoms with Gasteiger partial charge in [-0.15, -0.1) is 0 Å². The molecule has 27 heavy (non-hydrogen) atoms. The zero-order valence-electron chi connectivity index (χ0n) is 14.7. The molecular formula is C18H19N3O6. The van der Waals surface area contributed by atoms with Gasteiger partial charge in [0, 0.05) is 13.0 Å². The van der Waals surface area contributed by atoms with E-state index < -0.39 is 35.8 Å². The van der Waals surface area contributed by atoms with Gasteiger partial charge in [-0.3, -0.25) is 29.4 Å². The average Bonchev–Trinajstić information content (AvgIpc) is 2.90. The Morgan fingerprint density at radius 3 is 2.74 bits per heavy atom. The highest BCUT2D eigenvalue weighted by Gasteiger charge is 2.45. The number of nitrogens with one attached hydrogen (secondary N) is 2. The number of ether oxygens (including phenoxy) is 1. The van der Waals surface area contributed by atoms with Crippen LogP contribution >= 0.6 is 0 Å². The van der Waals surface area contributed by atoms with E-state index in [1.165, 1.54) is 7.11 Å². The molecule has 0 aromatic heterocycles. The van der Waals surface area contributed by atoms with Crippen molar-refractivity contribution in [2.45, 2.75) is 31.7 Å². The fourth-order valence-corrected chi connectivity index (χ4v) is 3.33. The number of piperidine rings is 1. The van der Waals surface area contributed by atoms with Gasteiger partial charge in [0.1, 0.15) is 6.04 Å². The van der Waals surface area contributed by atoms with E-state index in [1.54, 1.807) is 18.2 Å². The van der Waals surface area contributed by atoms with E-state index in [9.17, 15) is 24.0 Å². The quantitative estimate of drug-likeness (QED) is 0.568. The third-order valence-electron chi connectivity index (χ3n) is 4.63. The van der Waals surface area contributed by atoms with E-state index in [0.717, 1.165) is 4.90 Å². The van der Waals surface area contributed by atoms with E-state index in [1.807, 2.05) is 0 Å². The summed E-state index contributed by atoms with van der Waals surface area (Å²) in [7, 11) is 1.27. The molecule has 1 saturated heterocycles. The second-order valence-corrected chi connectivity index (χ2v) is 6.31. The van der Waals surface area contributed by atoms with Crippen molar-refractivity contribution in [3.8, 4) is 0 Å². The first-order valence-corrected chi connectivity index (χ1v) is 8.59. The highest BCUT2D eigenvalue weighted by Crippen LogP contribution is 2.30. The summed E-state index contributed by atoms with van der Waals surface area (Å²) in [4.78, 5) is 61.0. The zero-order chi connectivity index (χ0) is 19.6. The molecule has 1 fully saturated rings. The summed E-state index contributed by atoms with van der Waals surface area (Å²) >= 11 is 0. The number of hydrogen-bond donors (Lipinski definition) is 2. The molecule has 0 spiro atoms. The molecule has 0 saturated carbocycles. The van der Waals surface area contributed by atoms with Crippen LogP contribution < -0.4 is 10.6 Å². The molecular weight excluding hydrogens is 354 g/mol. The fraction of sp³-hybridized carbons (Fsp3) is 0.389. The summed E-state index contributed by atoms with van der Waals surface area (Å²) in [5.74, 6) is -2.10. The Kier molecular flexibility index (Phi) is 5.20. The van der Waals surface area contributed by atoms with Crippen molar-refractivity contribution in [1.29, 1.82) is 0 Å². The van der Waals surface area contributed by atoms with Crippen LogP contribution in [0.3, 0.4) is 0 Å². The molecule has 1 aromatic rings. The van der Waals surface area contributed by atoms with Gasteiger partial charge >= 0.3 is 6.09 Å². The maximum Gasteiger partial charge on any atom is 0.406 e. The first kappa shape index (κ1) is 18.6. The molecule has 9 nitrogen and oxygen atoms in total. The molecule has 0 bridgehead atoms. The second-order valence-electron chi connectivity index (χ2n) is 6.31. The van der Waals surface area contributed by atoms with Gasteiger partial charge in [-0.2, -0.15) is 0 Å². The SMILES string of the molecule is COC(=O)NCCCc1cccc2c1C(=O)N(C1CCC(=O)NC1=O)C2=O. The van der Waals surface area contributed by atoms with Gasteiger partial charge in [-0.1, -0.05) is 12.1 Å². The predicted molar refractivity (Wildman–Crippen MR) is 91.8 cm³/mol. The van der Waals surface area contributed by atoms with Crippen LogP contribution in [0.1, 0.15) is 45.5 Å². The van der Waals surface area contributed by atoms with Crippen molar-refractivity contribution in [3.63, 3.8) is 0 Å². The summed E-state index contributed by atoms with van der Waals surface area (Å²) in [5.41, 5.74) is 1.21. The van der Waals surface area contributed by atoms with Crippen LogP contribution in [0.15, 0.2) is 18.2 Å². The van der Waals surface area contributed by atoms with Crippen LogP contribution in [-0.4, -0.2) is 54.3 Å². The largest absolute Gasteiger partial charge is 0.453 e. The number of benzene rings is 1. The standard InChI is InChI=1S/C18H19N3O6/c1-27-18(26)19-9-3-5-10-4-2-6-11-14(10)17(25)21(16(11)24)12-7-8-13(22)20-15(12)23/h2,4,6,12H,3,5,7-9H2,1H3,(H,19,26)(H,20,22,23). The third kappa shape index (κ3) is 3.53. The molecule has 142 valence electrons. The topological polar surface area (TPSA) is 122 Å². The van der Waals surface area contributed by atoms with Crippen LogP contribution in [0, 0.1) is 0 Å². The van der Waals surface area contributed by atoms with Crippen molar-refractivity contribution in [2.24, 2.45) is 0 Å². The molecule has 1 atom stereocenters. The molecule has 2 heterocycles. The van der Waals surface area contributed by atoms with E-state index in [2.05, 4.69) is 15.4 Å². The van der Waals surface area contributed by atoms with E-state index >= 15 is 0 Å². The van der Waals surface area contributed by atoms with E-state index in [0.29, 0.717) is 24.9 Å². The molecule has 2 aliphatic heterocycles. The number of rotatable bonds is 5. The number of imide groups is 2. The lowest BCUT2D eigenvalue weighted by molar-refractivity contribution is -0.136. The number of alkyl carbamates (subject to hydrolysis) is 1. The normalized spacial score (nSPS) is 19.0. The zero-order valence-corrected chi connectivity index (χ0v) is 14.7. The Morgan fingerprint density at radius 1 is 1.26 bits per heavy atom. The van der Waals surface area contributed by atoms with Crippen LogP contribution in [-0.2, 0) is 20.7 Å². The number of aryl methyl sites for hydroxylation is 1. The number of nitrogens with zero attached hydrogens (tertiary/aromatic N) is 1. The number of carbonyl (C=O) groups excluding carboxylic acids is 5. The number of methoxy groups -OCH3 is 1. The Bertz CT molecular complexity index is 834. The van der Waals surface area contributed by atoms with Gasteiger partial charge in [-0.05, 0) is 30.9 Å². The molecule has 5 amide bonds. The van der Waals surface area contributed by atoms with Crippen molar-refractivity contribution in [1.82, 2.24) is 15.5 Å². The summed E-state index contributed by atoms with van der Waals surface area (Å²) < 4.78 is 4.49. The Hall–Kier alpha value is -3.23. The molecule has 0 aliphatic carbocycles. The highest BCUT2D eigenvalue weighted by molar-refractivity contribution is 6.24. The van der Waals surface area contributed by atoms with Gasteiger partial charge < -0.3 is 10.1 Å². The lowest BCUT2D eigenvalue weighted by atomic mass is 9.99. The predicted octanol–water partition coefficient (Wildman–Crippen LogP) is 0.376. The Morgan fingerprint density at radius 2 is 2.04 bits per heavy atom. The fourth-order valence-electron chi connectivity index (χ4n) is 3.33. The van der Waals surface area contributed by atoms with Gasteiger partial charge in [0.05, 0.1) is 18.2 Å². The summed E-state index contributed by atoms with van der Waals surface area (Å²) in [6.45, 7) is 0.356. The Balaban J connectivity index is 1.77. The minimum absolute atomic E-state index is 0.0792. The second kappa shape index (κ2) is 7.56. The molecule has 2 N–H and O–H groups in total. The minimum atomic E-state index is -0.982. The maximum absolute atomic E-state index is 12.9. The van der Waals surface area contributed by atoms with Crippen molar-refractivity contribution >= 4 is 29.7 Å². The summed E-state index contributed by atoms with van der Waals surface area (Å²) in [6.07, 6.45) is 0.675. The van der Waals surface area contributed by atoms with E-state index in [-0.39, 0.29) is 24.0 Å².